The van der Waals surface area contributed by atoms with E-state index in [9.17, 15) is 9.90 Å². The van der Waals surface area contributed by atoms with E-state index in [1.807, 2.05) is 33.8 Å². The Morgan fingerprint density at radius 1 is 1.41 bits per heavy atom. The van der Waals surface area contributed by atoms with Gasteiger partial charge in [-0.3, -0.25) is 0 Å². The summed E-state index contributed by atoms with van der Waals surface area (Å²) < 4.78 is 4.99. The molecular formula is C12H23InO4. The van der Waals surface area contributed by atoms with Gasteiger partial charge in [0.2, 0.25) is 0 Å². The van der Waals surface area contributed by atoms with Crippen LogP contribution in [0.1, 0.15) is 34.6 Å². The maximum absolute atomic E-state index is 11.8. The van der Waals surface area contributed by atoms with E-state index in [2.05, 4.69) is 0 Å². The van der Waals surface area contributed by atoms with E-state index in [0.717, 1.165) is 0 Å². The molecule has 2 unspecified atom stereocenters. The summed E-state index contributed by atoms with van der Waals surface area (Å²) in [5.74, 6) is 0. The van der Waals surface area contributed by atoms with E-state index in [1.165, 1.54) is 0 Å². The number of ether oxygens (including phenoxy) is 1. The average Bonchev–Trinajstić information content (AvgIpc) is 2.44. The van der Waals surface area contributed by atoms with Gasteiger partial charge in [-0.15, -0.1) is 0 Å². The van der Waals surface area contributed by atoms with Crippen molar-refractivity contribution >= 4 is 25.2 Å². The molecule has 1 rings (SSSR count). The molecule has 0 saturated carbocycles. The molecule has 0 radical (unpaired) electrons. The number of aliphatic hydroxyl groups is 2. The van der Waals surface area contributed by atoms with Gasteiger partial charge >= 0.3 is 92.8 Å². The summed E-state index contributed by atoms with van der Waals surface area (Å²) in [6, 6.07) is 0. The number of carbonyl (C=O) groups excluding carboxylic acids is 1. The average molecular weight is 346 g/mol. The zero-order chi connectivity index (χ0) is 13.6. The van der Waals surface area contributed by atoms with Gasteiger partial charge in [0.05, 0.1) is 0 Å². The molecule has 2 atom stereocenters. The second-order valence-corrected chi connectivity index (χ2v) is 14.4. The van der Waals surface area contributed by atoms with Gasteiger partial charge in [-0.05, 0) is 6.92 Å². The van der Waals surface area contributed by atoms with E-state index < -0.39 is 30.9 Å². The Bertz CT molecular complexity index is 258. The molecule has 0 aromatic rings. The van der Waals surface area contributed by atoms with Crippen molar-refractivity contribution in [1.82, 2.24) is 0 Å². The normalized spacial score (nSPS) is 23.1. The Labute approximate surface area is 111 Å². The fraction of sp³-hybridized carbons (Fsp3) is 0.750. The van der Waals surface area contributed by atoms with E-state index >= 15 is 0 Å². The summed E-state index contributed by atoms with van der Waals surface area (Å²) >= 11 is -2.62. The molecular weight excluding hydrogens is 323 g/mol. The van der Waals surface area contributed by atoms with Crippen molar-refractivity contribution < 1.29 is 19.7 Å². The predicted molar refractivity (Wildman–Crippen MR) is 69.3 cm³/mol. The van der Waals surface area contributed by atoms with Crippen LogP contribution in [0.25, 0.3) is 0 Å². The molecule has 0 amide bonds. The second kappa shape index (κ2) is 7.44. The third kappa shape index (κ3) is 6.48. The first kappa shape index (κ1) is 17.0. The minimum atomic E-state index is -2.62. The van der Waals surface area contributed by atoms with E-state index in [1.54, 1.807) is 13.0 Å². The second-order valence-electron chi connectivity index (χ2n) is 5.11. The Morgan fingerprint density at radius 3 is 2.18 bits per heavy atom. The number of rotatable bonds is 1. The van der Waals surface area contributed by atoms with Crippen LogP contribution < -0.4 is 0 Å². The van der Waals surface area contributed by atoms with E-state index in [0.29, 0.717) is 0 Å². The molecule has 0 fully saturated rings. The Hall–Kier alpha value is 0.000130. The number of hydrogen-bond donors (Lipinski definition) is 2. The zero-order valence-corrected chi connectivity index (χ0v) is 14.6. The third-order valence-corrected chi connectivity index (χ3v) is 10.7. The summed E-state index contributed by atoms with van der Waals surface area (Å²) in [7, 11) is 0. The predicted octanol–water partition coefficient (Wildman–Crippen LogP) is 1.86. The van der Waals surface area contributed by atoms with Crippen molar-refractivity contribution in [2.24, 2.45) is 0 Å². The molecule has 0 aromatic carbocycles. The van der Waals surface area contributed by atoms with Gasteiger partial charge in [0, 0.05) is 6.61 Å². The molecule has 98 valence electrons. The molecule has 0 saturated heterocycles. The molecule has 1 heterocycles. The quantitative estimate of drug-likeness (QED) is 0.712. The molecule has 0 aromatic heterocycles. The Morgan fingerprint density at radius 2 is 1.88 bits per heavy atom. The molecule has 4 nitrogen and oxygen atoms in total. The Kier molecular flexibility index (Phi) is 7.44. The number of allylic oxidation sites excluding steroid dienone is 1. The molecule has 2 N–H and O–H groups in total. The van der Waals surface area contributed by atoms with Crippen molar-refractivity contribution in [3.63, 3.8) is 0 Å². The van der Waals surface area contributed by atoms with Gasteiger partial charge in [-0.2, -0.15) is 0 Å². The summed E-state index contributed by atoms with van der Waals surface area (Å²) in [5.41, 5.74) is -0.434. The molecule has 0 aliphatic carbocycles. The van der Waals surface area contributed by atoms with Crippen LogP contribution in [0, 0.1) is 0 Å². The van der Waals surface area contributed by atoms with E-state index in [-0.39, 0.29) is 14.0 Å². The molecule has 1 aliphatic heterocycles. The van der Waals surface area contributed by atoms with Gasteiger partial charge in [-0.1, -0.05) is 0 Å². The van der Waals surface area contributed by atoms with Gasteiger partial charge in [0.1, 0.15) is 0 Å². The SMILES string of the molecule is CCO.C[CH]1C=C[CH](O)[In]1[C](=O)OC(C)(C)C. The van der Waals surface area contributed by atoms with Crippen LogP contribution in [0.15, 0.2) is 12.2 Å². The molecule has 0 spiro atoms. The molecule has 0 bridgehead atoms. The fourth-order valence-corrected chi connectivity index (χ4v) is 8.86. The van der Waals surface area contributed by atoms with Crippen LogP contribution >= 0.6 is 0 Å². The van der Waals surface area contributed by atoms with Crippen molar-refractivity contribution in [2.75, 3.05) is 6.61 Å². The van der Waals surface area contributed by atoms with Gasteiger partial charge in [0.15, 0.2) is 0 Å². The number of carbonyl (C=O) groups is 1. The zero-order valence-electron chi connectivity index (χ0n) is 11.3. The Balaban J connectivity index is 0.000000770. The number of aliphatic hydroxyl groups excluding tert-OH is 2. The fourth-order valence-electron chi connectivity index (χ4n) is 1.56. The van der Waals surface area contributed by atoms with Gasteiger partial charge in [0.25, 0.3) is 0 Å². The topological polar surface area (TPSA) is 66.8 Å². The minimum absolute atomic E-state index is 0.107. The summed E-state index contributed by atoms with van der Waals surface area (Å²) in [5, 5.41) is 17.2. The summed E-state index contributed by atoms with van der Waals surface area (Å²) in [6.07, 6.45) is 3.69. The van der Waals surface area contributed by atoms with Crippen LogP contribution in [-0.4, -0.2) is 51.4 Å². The van der Waals surface area contributed by atoms with Crippen LogP contribution in [0.2, 0.25) is 3.67 Å². The van der Waals surface area contributed by atoms with Crippen LogP contribution in [0.5, 0.6) is 0 Å². The third-order valence-electron chi connectivity index (χ3n) is 2.23. The molecule has 1 aliphatic rings. The molecule has 5 heteroatoms. The van der Waals surface area contributed by atoms with Crippen LogP contribution in [-0.2, 0) is 4.74 Å². The van der Waals surface area contributed by atoms with Gasteiger partial charge in [-0.25, -0.2) is 0 Å². The van der Waals surface area contributed by atoms with Crippen LogP contribution in [0.3, 0.4) is 0 Å². The van der Waals surface area contributed by atoms with Crippen molar-refractivity contribution in [3.8, 4) is 0 Å². The number of hydrogen-bond acceptors (Lipinski definition) is 4. The maximum atomic E-state index is 11.8. The summed E-state index contributed by atoms with van der Waals surface area (Å²) in [6.45, 7) is 9.50. The van der Waals surface area contributed by atoms with E-state index in [4.69, 9.17) is 9.84 Å². The standard InChI is InChI=1S/C5H9O2.C5H8O.C2H6O.In/c1-5(2,3)7-4-6;1-2-3-4-5-6;1-2-3;/h1-3H3;2-6H,1H3;3H,2H2,1H3;. The van der Waals surface area contributed by atoms with Crippen molar-refractivity contribution in [3.05, 3.63) is 12.2 Å². The first-order chi connectivity index (χ1) is 7.72. The van der Waals surface area contributed by atoms with Crippen LogP contribution in [0.4, 0.5) is 4.79 Å². The van der Waals surface area contributed by atoms with Crippen molar-refractivity contribution in [1.29, 1.82) is 0 Å². The molecule has 17 heavy (non-hydrogen) atoms. The van der Waals surface area contributed by atoms with Gasteiger partial charge < -0.3 is 5.11 Å². The summed E-state index contributed by atoms with van der Waals surface area (Å²) in [4.78, 5) is 11.8. The monoisotopic (exact) mass is 346 g/mol. The first-order valence-corrected chi connectivity index (χ1v) is 11.4. The van der Waals surface area contributed by atoms with Crippen molar-refractivity contribution in [2.45, 2.75) is 47.8 Å². The first-order valence-electron chi connectivity index (χ1n) is 5.93.